The lowest BCUT2D eigenvalue weighted by molar-refractivity contribution is -0.365. The predicted molar refractivity (Wildman–Crippen MR) is 94.5 cm³/mol. The van der Waals surface area contributed by atoms with Gasteiger partial charge in [-0.05, 0) is 23.5 Å². The van der Waals surface area contributed by atoms with Crippen molar-refractivity contribution < 1.29 is 9.47 Å². The maximum Gasteiger partial charge on any atom is 0.179 e. The van der Waals surface area contributed by atoms with E-state index in [2.05, 4.69) is 39.8 Å². The average molecular weight is 338 g/mol. The van der Waals surface area contributed by atoms with Gasteiger partial charge in [-0.25, -0.2) is 0 Å². The van der Waals surface area contributed by atoms with E-state index in [1.165, 1.54) is 0 Å². The van der Waals surface area contributed by atoms with Crippen molar-refractivity contribution in [2.24, 2.45) is 16.7 Å². The molecule has 2 aliphatic carbocycles. The van der Waals surface area contributed by atoms with Crippen LogP contribution in [0.1, 0.15) is 51.2 Å². The zero-order valence-corrected chi connectivity index (χ0v) is 15.9. The fraction of sp³-hybridized carbons (Fsp3) is 0.619. The summed E-state index contributed by atoms with van der Waals surface area (Å²) >= 11 is 0. The smallest absolute Gasteiger partial charge is 0.179 e. The van der Waals surface area contributed by atoms with E-state index >= 15 is 0 Å². The van der Waals surface area contributed by atoms with Crippen LogP contribution in [-0.4, -0.2) is 20.0 Å². The number of hydrogen-bond donors (Lipinski definition) is 0. The van der Waals surface area contributed by atoms with Crippen LogP contribution in [0.5, 0.6) is 0 Å². The van der Waals surface area contributed by atoms with E-state index in [1.54, 1.807) is 14.2 Å². The molecule has 0 heterocycles. The first-order chi connectivity index (χ1) is 11.7. The van der Waals surface area contributed by atoms with Crippen molar-refractivity contribution in [1.82, 2.24) is 0 Å². The van der Waals surface area contributed by atoms with Crippen molar-refractivity contribution in [3.05, 3.63) is 35.4 Å². The summed E-state index contributed by atoms with van der Waals surface area (Å²) in [5.41, 5.74) is 0.0793. The zero-order chi connectivity index (χ0) is 18.7. The van der Waals surface area contributed by atoms with E-state index < -0.39 is 22.0 Å². The minimum Gasteiger partial charge on any atom is -0.352 e. The Kier molecular flexibility index (Phi) is 3.81. The Hall–Kier alpha value is -1.88. The van der Waals surface area contributed by atoms with Crippen LogP contribution in [-0.2, 0) is 14.9 Å². The van der Waals surface area contributed by atoms with Crippen LogP contribution in [0.2, 0.25) is 0 Å². The summed E-state index contributed by atoms with van der Waals surface area (Å²) in [6.45, 7) is 8.33. The molecule has 1 aromatic rings. The Balaban J connectivity index is 2.46. The van der Waals surface area contributed by atoms with Gasteiger partial charge in [-0.1, -0.05) is 52.0 Å². The number of hydrogen-bond acceptors (Lipinski definition) is 4. The van der Waals surface area contributed by atoms with E-state index in [1.807, 2.05) is 24.3 Å². The van der Waals surface area contributed by atoms with Gasteiger partial charge < -0.3 is 9.47 Å². The number of nitrogens with zero attached hydrogens (tertiary/aromatic N) is 2. The van der Waals surface area contributed by atoms with E-state index in [-0.39, 0.29) is 11.8 Å². The molecular formula is C21H26N2O2. The molecule has 1 aromatic carbocycles. The van der Waals surface area contributed by atoms with E-state index in [4.69, 9.17) is 9.47 Å². The molecular weight excluding hydrogens is 312 g/mol. The molecule has 4 nitrogen and oxygen atoms in total. The van der Waals surface area contributed by atoms with Crippen LogP contribution >= 0.6 is 0 Å². The Morgan fingerprint density at radius 2 is 1.64 bits per heavy atom. The number of fused-ring (bicyclic) bond motifs is 4. The maximum absolute atomic E-state index is 10.4. The summed E-state index contributed by atoms with van der Waals surface area (Å²) in [7, 11) is 3.29. The molecule has 132 valence electrons. The normalized spacial score (nSPS) is 33.6. The molecule has 1 fully saturated rings. The summed E-state index contributed by atoms with van der Waals surface area (Å²) in [6.07, 6.45) is 0.632. The van der Waals surface area contributed by atoms with Gasteiger partial charge in [0, 0.05) is 25.0 Å². The summed E-state index contributed by atoms with van der Waals surface area (Å²) in [5.74, 6) is -1.31. The Labute approximate surface area is 150 Å². The highest BCUT2D eigenvalue weighted by atomic mass is 16.7. The van der Waals surface area contributed by atoms with Gasteiger partial charge in [0.2, 0.25) is 0 Å². The minimum atomic E-state index is -0.985. The lowest BCUT2D eigenvalue weighted by Gasteiger charge is -2.68. The standard InChI is InChI=1S/C21H26N2O2/c1-18(2)17-11-20(13-23,19(3,4)21(18,24-5)25-6)16-10-8-7-9-14(16)15(17)12-22/h7-10,15,17H,11H2,1-6H3/t15-,17-,20-/m1/s1. The molecule has 3 atom stereocenters. The van der Waals surface area contributed by atoms with Crippen molar-refractivity contribution in [3.63, 3.8) is 0 Å². The van der Waals surface area contributed by atoms with Gasteiger partial charge in [-0.15, -0.1) is 0 Å². The second-order valence-electron chi connectivity index (χ2n) is 8.39. The van der Waals surface area contributed by atoms with Gasteiger partial charge >= 0.3 is 0 Å². The number of ether oxygens (including phenoxy) is 2. The van der Waals surface area contributed by atoms with Crippen LogP contribution in [0.3, 0.4) is 0 Å². The van der Waals surface area contributed by atoms with Crippen molar-refractivity contribution in [1.29, 1.82) is 10.5 Å². The summed E-state index contributed by atoms with van der Waals surface area (Å²) in [4.78, 5) is 0. The van der Waals surface area contributed by atoms with Crippen LogP contribution in [0.25, 0.3) is 0 Å². The lowest BCUT2D eigenvalue weighted by Crippen LogP contribution is -2.73. The molecule has 3 rings (SSSR count). The molecule has 0 N–H and O–H groups in total. The highest BCUT2D eigenvalue weighted by Gasteiger charge is 2.74. The molecule has 0 unspecified atom stereocenters. The van der Waals surface area contributed by atoms with E-state index in [0.29, 0.717) is 6.42 Å². The van der Waals surface area contributed by atoms with Crippen LogP contribution in [0.4, 0.5) is 0 Å². The first kappa shape index (κ1) is 17.9. The molecule has 0 aliphatic heterocycles. The molecule has 2 aliphatic rings. The topological polar surface area (TPSA) is 66.0 Å². The maximum atomic E-state index is 10.4. The summed E-state index contributed by atoms with van der Waals surface area (Å²) < 4.78 is 12.1. The minimum absolute atomic E-state index is 0.0417. The zero-order valence-electron chi connectivity index (χ0n) is 15.9. The van der Waals surface area contributed by atoms with E-state index in [9.17, 15) is 10.5 Å². The van der Waals surface area contributed by atoms with Crippen molar-refractivity contribution in [2.75, 3.05) is 14.2 Å². The molecule has 1 saturated carbocycles. The van der Waals surface area contributed by atoms with Gasteiger partial charge in [0.05, 0.1) is 23.5 Å². The molecule has 0 saturated heterocycles. The number of benzene rings is 1. The van der Waals surface area contributed by atoms with Gasteiger partial charge in [-0.3, -0.25) is 0 Å². The van der Waals surface area contributed by atoms with Crippen LogP contribution < -0.4 is 0 Å². The van der Waals surface area contributed by atoms with E-state index in [0.717, 1.165) is 11.1 Å². The first-order valence-electron chi connectivity index (χ1n) is 8.71. The fourth-order valence-corrected chi connectivity index (χ4v) is 6.05. The number of nitriles is 2. The van der Waals surface area contributed by atoms with Gasteiger partial charge in [0.1, 0.15) is 0 Å². The molecule has 0 amide bonds. The third-order valence-electron chi connectivity index (χ3n) is 7.25. The Bertz CT molecular complexity index is 780. The average Bonchev–Trinajstić information content (AvgIpc) is 2.60. The molecule has 0 radical (unpaired) electrons. The largest absolute Gasteiger partial charge is 0.352 e. The molecule has 2 bridgehead atoms. The van der Waals surface area contributed by atoms with Gasteiger partial charge in [0.25, 0.3) is 0 Å². The Morgan fingerprint density at radius 1 is 1.04 bits per heavy atom. The third kappa shape index (κ3) is 1.72. The summed E-state index contributed by atoms with van der Waals surface area (Å²) in [6, 6.07) is 13.0. The lowest BCUT2D eigenvalue weighted by atomic mass is 9.39. The second-order valence-corrected chi connectivity index (χ2v) is 8.39. The van der Waals surface area contributed by atoms with Crippen molar-refractivity contribution in [2.45, 2.75) is 51.2 Å². The molecule has 0 aromatic heterocycles. The Morgan fingerprint density at radius 3 is 2.16 bits per heavy atom. The van der Waals surface area contributed by atoms with Crippen LogP contribution in [0.15, 0.2) is 24.3 Å². The monoisotopic (exact) mass is 338 g/mol. The van der Waals surface area contributed by atoms with Gasteiger partial charge in [0.15, 0.2) is 5.79 Å². The fourth-order valence-electron chi connectivity index (χ4n) is 6.05. The van der Waals surface area contributed by atoms with Crippen LogP contribution in [0, 0.1) is 39.4 Å². The predicted octanol–water partition coefficient (Wildman–Crippen LogP) is 4.13. The highest BCUT2D eigenvalue weighted by molar-refractivity contribution is 5.51. The highest BCUT2D eigenvalue weighted by Crippen LogP contribution is 2.70. The SMILES string of the molecule is COC1(OC)C(C)(C)[C@@H]2C[C@@](C#N)(c3ccccc3[C@H]2C#N)C1(C)C. The molecule has 4 heteroatoms. The quantitative estimate of drug-likeness (QED) is 0.761. The summed E-state index contributed by atoms with van der Waals surface area (Å²) in [5, 5.41) is 20.4. The number of rotatable bonds is 2. The van der Waals surface area contributed by atoms with Crippen molar-refractivity contribution >= 4 is 0 Å². The third-order valence-corrected chi connectivity index (χ3v) is 7.25. The van der Waals surface area contributed by atoms with Crippen molar-refractivity contribution in [3.8, 4) is 12.1 Å². The molecule has 0 spiro atoms. The van der Waals surface area contributed by atoms with Gasteiger partial charge in [-0.2, -0.15) is 10.5 Å². The first-order valence-corrected chi connectivity index (χ1v) is 8.71. The number of methoxy groups -OCH3 is 2. The molecule has 25 heavy (non-hydrogen) atoms. The second kappa shape index (κ2) is 5.31.